The molecule has 1 atom stereocenters. The van der Waals surface area contributed by atoms with E-state index in [1.54, 1.807) is 24.1 Å². The molecule has 102 valence electrons. The zero-order valence-electron chi connectivity index (χ0n) is 11.2. The van der Waals surface area contributed by atoms with Crippen molar-refractivity contribution in [2.75, 3.05) is 6.54 Å². The van der Waals surface area contributed by atoms with Crippen molar-refractivity contribution in [2.24, 2.45) is 12.8 Å². The number of hydrogen-bond donors (Lipinski definition) is 3. The molecule has 1 aromatic rings. The fourth-order valence-corrected chi connectivity index (χ4v) is 1.61. The van der Waals surface area contributed by atoms with Gasteiger partial charge in [0, 0.05) is 25.4 Å². The van der Waals surface area contributed by atoms with E-state index in [4.69, 9.17) is 5.73 Å². The molecule has 18 heavy (non-hydrogen) atoms. The number of carbonyl (C=O) groups is 1. The first-order valence-electron chi connectivity index (χ1n) is 6.16. The molecule has 1 aromatic heterocycles. The van der Waals surface area contributed by atoms with E-state index in [1.807, 2.05) is 13.8 Å². The van der Waals surface area contributed by atoms with E-state index in [-0.39, 0.29) is 12.5 Å². The molecule has 1 unspecified atom stereocenters. The largest absolute Gasteiger partial charge is 0.388 e. The third kappa shape index (κ3) is 3.54. The molecule has 1 amide bonds. The Hall–Kier alpha value is -1.40. The van der Waals surface area contributed by atoms with E-state index < -0.39 is 11.6 Å². The Bertz CT molecular complexity index is 399. The highest BCUT2D eigenvalue weighted by atomic mass is 16.3. The average Bonchev–Trinajstić information content (AvgIpc) is 2.81. The lowest BCUT2D eigenvalue weighted by Crippen LogP contribution is -2.44. The van der Waals surface area contributed by atoms with Crippen molar-refractivity contribution in [1.29, 1.82) is 0 Å². The van der Waals surface area contributed by atoms with Crippen molar-refractivity contribution in [1.82, 2.24) is 15.1 Å². The van der Waals surface area contributed by atoms with Gasteiger partial charge in [0.1, 0.15) is 6.04 Å². The number of aliphatic hydroxyl groups is 1. The summed E-state index contributed by atoms with van der Waals surface area (Å²) in [6.45, 7) is 3.99. The highest BCUT2D eigenvalue weighted by Crippen LogP contribution is 2.14. The molecule has 0 saturated carbocycles. The highest BCUT2D eigenvalue weighted by molar-refractivity contribution is 5.82. The van der Waals surface area contributed by atoms with Crippen LogP contribution in [-0.4, -0.2) is 32.9 Å². The maximum atomic E-state index is 11.8. The molecule has 0 aliphatic carbocycles. The maximum Gasteiger partial charge on any atom is 0.241 e. The summed E-state index contributed by atoms with van der Waals surface area (Å²) in [4.78, 5) is 11.8. The predicted molar refractivity (Wildman–Crippen MR) is 68.7 cm³/mol. The molecule has 4 N–H and O–H groups in total. The number of amides is 1. The number of nitrogens with two attached hydrogens (primary N) is 1. The van der Waals surface area contributed by atoms with E-state index in [1.165, 1.54) is 0 Å². The second kappa shape index (κ2) is 5.97. The van der Waals surface area contributed by atoms with Crippen LogP contribution in [-0.2, 0) is 11.8 Å². The van der Waals surface area contributed by atoms with Gasteiger partial charge in [-0.05, 0) is 12.8 Å². The number of nitrogens with one attached hydrogen (secondary N) is 1. The van der Waals surface area contributed by atoms with Crippen molar-refractivity contribution in [3.63, 3.8) is 0 Å². The molecule has 6 nitrogen and oxygen atoms in total. The first kappa shape index (κ1) is 14.7. The minimum atomic E-state index is -0.857. The van der Waals surface area contributed by atoms with E-state index in [0.717, 1.165) is 0 Å². The monoisotopic (exact) mass is 254 g/mol. The summed E-state index contributed by atoms with van der Waals surface area (Å²) in [5.41, 5.74) is 5.62. The molecule has 0 aliphatic heterocycles. The van der Waals surface area contributed by atoms with E-state index >= 15 is 0 Å². The van der Waals surface area contributed by atoms with Crippen LogP contribution in [0.4, 0.5) is 0 Å². The fourth-order valence-electron chi connectivity index (χ4n) is 1.61. The molecular weight excluding hydrogens is 232 g/mol. The molecule has 0 radical (unpaired) electrons. The molecule has 1 heterocycles. The van der Waals surface area contributed by atoms with Gasteiger partial charge in [-0.3, -0.25) is 9.48 Å². The Labute approximate surface area is 107 Å². The molecular formula is C12H22N4O2. The van der Waals surface area contributed by atoms with Crippen molar-refractivity contribution < 1.29 is 9.90 Å². The normalized spacial score (nSPS) is 13.4. The van der Waals surface area contributed by atoms with Gasteiger partial charge in [-0.1, -0.05) is 13.8 Å². The minimum Gasteiger partial charge on any atom is -0.388 e. The number of carbonyl (C=O) groups excluding carboxylic acids is 1. The van der Waals surface area contributed by atoms with Crippen LogP contribution in [0.3, 0.4) is 0 Å². The Kier molecular flexibility index (Phi) is 4.86. The predicted octanol–water partition coefficient (Wildman–Crippen LogP) is 0.0872. The highest BCUT2D eigenvalue weighted by Gasteiger charge is 2.25. The van der Waals surface area contributed by atoms with Crippen molar-refractivity contribution >= 4 is 5.91 Å². The summed E-state index contributed by atoms with van der Waals surface area (Å²) in [5, 5.41) is 16.7. The zero-order valence-corrected chi connectivity index (χ0v) is 11.2. The summed E-state index contributed by atoms with van der Waals surface area (Å²) in [6.07, 6.45) is 4.45. The van der Waals surface area contributed by atoms with Crippen molar-refractivity contribution in [2.45, 2.75) is 38.3 Å². The summed E-state index contributed by atoms with van der Waals surface area (Å²) >= 11 is 0. The first-order valence-corrected chi connectivity index (χ1v) is 6.16. The van der Waals surface area contributed by atoms with E-state index in [9.17, 15) is 9.90 Å². The molecule has 0 aromatic carbocycles. The van der Waals surface area contributed by atoms with Crippen LogP contribution >= 0.6 is 0 Å². The number of aromatic nitrogens is 2. The van der Waals surface area contributed by atoms with Crippen LogP contribution in [0.25, 0.3) is 0 Å². The lowest BCUT2D eigenvalue weighted by molar-refractivity contribution is -0.123. The average molecular weight is 254 g/mol. The van der Waals surface area contributed by atoms with Crippen LogP contribution in [0.1, 0.15) is 38.3 Å². The van der Waals surface area contributed by atoms with Gasteiger partial charge in [0.05, 0.1) is 11.8 Å². The van der Waals surface area contributed by atoms with Gasteiger partial charge in [0.15, 0.2) is 0 Å². The van der Waals surface area contributed by atoms with Gasteiger partial charge in [-0.25, -0.2) is 0 Å². The molecule has 6 heteroatoms. The summed E-state index contributed by atoms with van der Waals surface area (Å²) in [5.74, 6) is -0.302. The number of aryl methyl sites for hydroxylation is 1. The lowest BCUT2D eigenvalue weighted by atomic mass is 9.97. The van der Waals surface area contributed by atoms with Crippen LogP contribution in [0.2, 0.25) is 0 Å². The van der Waals surface area contributed by atoms with E-state index in [0.29, 0.717) is 18.4 Å². The Morgan fingerprint density at radius 3 is 2.67 bits per heavy atom. The fraction of sp³-hybridized carbons (Fsp3) is 0.667. The van der Waals surface area contributed by atoms with Gasteiger partial charge < -0.3 is 16.2 Å². The Morgan fingerprint density at radius 1 is 1.61 bits per heavy atom. The van der Waals surface area contributed by atoms with Crippen LogP contribution in [0.5, 0.6) is 0 Å². The molecule has 0 spiro atoms. The van der Waals surface area contributed by atoms with Gasteiger partial charge >= 0.3 is 0 Å². The van der Waals surface area contributed by atoms with Crippen LogP contribution in [0.15, 0.2) is 12.4 Å². The van der Waals surface area contributed by atoms with Crippen molar-refractivity contribution in [3.05, 3.63) is 18.0 Å². The van der Waals surface area contributed by atoms with E-state index in [2.05, 4.69) is 10.4 Å². The third-order valence-corrected chi connectivity index (χ3v) is 3.27. The van der Waals surface area contributed by atoms with Crippen LogP contribution < -0.4 is 11.1 Å². The smallest absolute Gasteiger partial charge is 0.241 e. The molecule has 0 fully saturated rings. The number of rotatable bonds is 6. The quantitative estimate of drug-likeness (QED) is 0.670. The third-order valence-electron chi connectivity index (χ3n) is 3.27. The molecule has 0 bridgehead atoms. The number of nitrogens with zero attached hydrogens (tertiary/aromatic N) is 2. The number of hydrogen-bond acceptors (Lipinski definition) is 4. The lowest BCUT2D eigenvalue weighted by Gasteiger charge is -2.26. The second-order valence-electron chi connectivity index (χ2n) is 4.57. The second-order valence-corrected chi connectivity index (χ2v) is 4.57. The van der Waals surface area contributed by atoms with Gasteiger partial charge in [0.2, 0.25) is 5.91 Å². The van der Waals surface area contributed by atoms with Gasteiger partial charge in [-0.2, -0.15) is 5.10 Å². The Morgan fingerprint density at radius 2 is 2.22 bits per heavy atom. The summed E-state index contributed by atoms with van der Waals surface area (Å²) in [6, 6.07) is -0.753. The minimum absolute atomic E-state index is 0.215. The SMILES string of the molecule is CCC(O)(CC)CNC(=O)C(N)c1cnn(C)c1. The summed E-state index contributed by atoms with van der Waals surface area (Å²) < 4.78 is 1.59. The Balaban J connectivity index is 2.56. The van der Waals surface area contributed by atoms with Gasteiger partial charge in [0.25, 0.3) is 0 Å². The molecule has 1 rings (SSSR count). The molecule has 0 saturated heterocycles. The molecule has 0 aliphatic rings. The standard InChI is InChI=1S/C12H22N4O2/c1-4-12(18,5-2)8-14-11(17)10(13)9-6-15-16(3)7-9/h6-7,10,18H,4-5,8,13H2,1-3H3,(H,14,17). The maximum absolute atomic E-state index is 11.8. The topological polar surface area (TPSA) is 93.2 Å². The zero-order chi connectivity index (χ0) is 13.8. The van der Waals surface area contributed by atoms with Gasteiger partial charge in [-0.15, -0.1) is 0 Å². The van der Waals surface area contributed by atoms with Crippen molar-refractivity contribution in [3.8, 4) is 0 Å². The summed E-state index contributed by atoms with van der Waals surface area (Å²) in [7, 11) is 1.76. The first-order chi connectivity index (χ1) is 8.41. The van der Waals surface area contributed by atoms with Crippen LogP contribution in [0, 0.1) is 0 Å².